The molecule has 0 aliphatic rings. The standard InChI is InChI=1S/C12H14N2O/c1-9(2)11-5-3-10(4-6-11)8-14-12(15)7-13/h3-6,9H,8H2,1-2H3,(H,14,15). The van der Waals surface area contributed by atoms with Crippen LogP contribution in [-0.4, -0.2) is 5.91 Å². The SMILES string of the molecule is CC(C)c1ccc(CNC(=O)C#N)cc1. The zero-order chi connectivity index (χ0) is 11.3. The quantitative estimate of drug-likeness (QED) is 0.761. The largest absolute Gasteiger partial charge is 0.339 e. The van der Waals surface area contributed by atoms with Crippen LogP contribution in [0.25, 0.3) is 0 Å². The van der Waals surface area contributed by atoms with Crippen molar-refractivity contribution >= 4 is 5.91 Å². The number of benzene rings is 1. The number of hydrogen-bond acceptors (Lipinski definition) is 2. The molecule has 0 aliphatic heterocycles. The van der Waals surface area contributed by atoms with Crippen LogP contribution in [0, 0.1) is 11.3 Å². The van der Waals surface area contributed by atoms with Gasteiger partial charge in [-0.05, 0) is 17.0 Å². The first-order valence-electron chi connectivity index (χ1n) is 4.90. The Morgan fingerprint density at radius 3 is 2.47 bits per heavy atom. The van der Waals surface area contributed by atoms with Gasteiger partial charge in [-0.15, -0.1) is 0 Å². The summed E-state index contributed by atoms with van der Waals surface area (Å²) < 4.78 is 0. The molecule has 78 valence electrons. The lowest BCUT2D eigenvalue weighted by Crippen LogP contribution is -2.20. The molecule has 0 aromatic heterocycles. The van der Waals surface area contributed by atoms with Crippen LogP contribution < -0.4 is 5.32 Å². The van der Waals surface area contributed by atoms with E-state index >= 15 is 0 Å². The molecule has 0 saturated heterocycles. The Morgan fingerprint density at radius 2 is 2.00 bits per heavy atom. The van der Waals surface area contributed by atoms with Gasteiger partial charge < -0.3 is 5.32 Å². The highest BCUT2D eigenvalue weighted by Crippen LogP contribution is 2.14. The van der Waals surface area contributed by atoms with E-state index in [1.54, 1.807) is 0 Å². The van der Waals surface area contributed by atoms with Crippen LogP contribution >= 0.6 is 0 Å². The second kappa shape index (κ2) is 5.16. The van der Waals surface area contributed by atoms with Gasteiger partial charge in [0.1, 0.15) is 0 Å². The maximum absolute atomic E-state index is 10.7. The summed E-state index contributed by atoms with van der Waals surface area (Å²) in [5.74, 6) is -0.0873. The van der Waals surface area contributed by atoms with Crippen molar-refractivity contribution in [3.05, 3.63) is 35.4 Å². The summed E-state index contributed by atoms with van der Waals surface area (Å²) in [6.45, 7) is 4.67. The highest BCUT2D eigenvalue weighted by molar-refractivity contribution is 5.91. The third kappa shape index (κ3) is 3.43. The van der Waals surface area contributed by atoms with Crippen LogP contribution in [0.3, 0.4) is 0 Å². The summed E-state index contributed by atoms with van der Waals surface area (Å²) >= 11 is 0. The second-order valence-corrected chi connectivity index (χ2v) is 3.69. The van der Waals surface area contributed by atoms with Crippen LogP contribution in [-0.2, 0) is 11.3 Å². The Labute approximate surface area is 89.7 Å². The molecule has 0 bridgehead atoms. The molecule has 1 amide bonds. The van der Waals surface area contributed by atoms with E-state index in [-0.39, 0.29) is 0 Å². The van der Waals surface area contributed by atoms with E-state index in [0.29, 0.717) is 12.5 Å². The van der Waals surface area contributed by atoms with Gasteiger partial charge in [-0.3, -0.25) is 4.79 Å². The lowest BCUT2D eigenvalue weighted by Gasteiger charge is -2.06. The molecule has 1 N–H and O–H groups in total. The summed E-state index contributed by atoms with van der Waals surface area (Å²) in [7, 11) is 0. The molecule has 15 heavy (non-hydrogen) atoms. The van der Waals surface area contributed by atoms with E-state index in [1.165, 1.54) is 11.6 Å². The van der Waals surface area contributed by atoms with Crippen molar-refractivity contribution in [1.82, 2.24) is 5.32 Å². The smallest absolute Gasteiger partial charge is 0.322 e. The summed E-state index contributed by atoms with van der Waals surface area (Å²) in [4.78, 5) is 10.7. The topological polar surface area (TPSA) is 52.9 Å². The van der Waals surface area contributed by atoms with Gasteiger partial charge in [-0.25, -0.2) is 0 Å². The zero-order valence-corrected chi connectivity index (χ0v) is 8.95. The minimum atomic E-state index is -0.595. The molecule has 0 spiro atoms. The number of nitrogens with zero attached hydrogens (tertiary/aromatic N) is 1. The number of amides is 1. The average Bonchev–Trinajstić information content (AvgIpc) is 2.26. The summed E-state index contributed by atoms with van der Waals surface area (Å²) in [5.41, 5.74) is 2.27. The van der Waals surface area contributed by atoms with E-state index in [2.05, 4.69) is 19.2 Å². The van der Waals surface area contributed by atoms with Crippen molar-refractivity contribution in [2.24, 2.45) is 0 Å². The molecule has 0 aliphatic carbocycles. The van der Waals surface area contributed by atoms with Crippen LogP contribution in [0.2, 0.25) is 0 Å². The van der Waals surface area contributed by atoms with E-state index in [1.807, 2.05) is 24.3 Å². The van der Waals surface area contributed by atoms with Crippen LogP contribution in [0.5, 0.6) is 0 Å². The number of hydrogen-bond donors (Lipinski definition) is 1. The monoisotopic (exact) mass is 202 g/mol. The summed E-state index contributed by atoms with van der Waals surface area (Å²) in [5, 5.41) is 10.8. The van der Waals surface area contributed by atoms with Crippen LogP contribution in [0.15, 0.2) is 24.3 Å². The molecule has 1 rings (SSSR count). The molecule has 3 heteroatoms. The van der Waals surface area contributed by atoms with E-state index in [0.717, 1.165) is 5.56 Å². The molecule has 3 nitrogen and oxygen atoms in total. The first-order valence-corrected chi connectivity index (χ1v) is 4.90. The predicted molar refractivity (Wildman–Crippen MR) is 58.0 cm³/mol. The van der Waals surface area contributed by atoms with Crippen molar-refractivity contribution in [2.75, 3.05) is 0 Å². The normalized spacial score (nSPS) is 9.73. The number of nitrogens with one attached hydrogen (secondary N) is 1. The first-order chi connectivity index (χ1) is 7.13. The zero-order valence-electron chi connectivity index (χ0n) is 8.95. The molecular weight excluding hydrogens is 188 g/mol. The summed E-state index contributed by atoms with van der Waals surface area (Å²) in [6, 6.07) is 9.53. The Balaban J connectivity index is 2.58. The lowest BCUT2D eigenvalue weighted by molar-refractivity contribution is -0.116. The molecule has 0 atom stereocenters. The fourth-order valence-corrected chi connectivity index (χ4v) is 1.24. The van der Waals surface area contributed by atoms with Crippen molar-refractivity contribution < 1.29 is 4.79 Å². The predicted octanol–water partition coefficient (Wildman–Crippen LogP) is 1.95. The molecule has 0 radical (unpaired) electrons. The van der Waals surface area contributed by atoms with Gasteiger partial charge in [0.2, 0.25) is 0 Å². The van der Waals surface area contributed by atoms with Crippen molar-refractivity contribution in [3.63, 3.8) is 0 Å². The average molecular weight is 202 g/mol. The maximum Gasteiger partial charge on any atom is 0.322 e. The molecule has 0 heterocycles. The van der Waals surface area contributed by atoms with Crippen molar-refractivity contribution in [3.8, 4) is 6.07 Å². The van der Waals surface area contributed by atoms with Gasteiger partial charge in [0.05, 0.1) is 0 Å². The van der Waals surface area contributed by atoms with Gasteiger partial charge in [-0.1, -0.05) is 38.1 Å². The fourth-order valence-electron chi connectivity index (χ4n) is 1.24. The van der Waals surface area contributed by atoms with Gasteiger partial charge in [-0.2, -0.15) is 5.26 Å². The Hall–Kier alpha value is -1.82. The molecule has 0 fully saturated rings. The van der Waals surface area contributed by atoms with Crippen molar-refractivity contribution in [2.45, 2.75) is 26.3 Å². The van der Waals surface area contributed by atoms with Crippen LogP contribution in [0.1, 0.15) is 30.9 Å². The minimum Gasteiger partial charge on any atom is -0.339 e. The number of nitriles is 1. The maximum atomic E-state index is 10.7. The minimum absolute atomic E-state index is 0.408. The molecular formula is C12H14N2O. The molecule has 1 aromatic rings. The summed E-state index contributed by atoms with van der Waals surface area (Å²) in [6.07, 6.45) is 0. The molecule has 1 aromatic carbocycles. The lowest BCUT2D eigenvalue weighted by atomic mass is 10.0. The van der Waals surface area contributed by atoms with Gasteiger partial charge in [0, 0.05) is 6.54 Å². The molecule has 0 unspecified atom stereocenters. The van der Waals surface area contributed by atoms with E-state index in [9.17, 15) is 4.79 Å². The van der Waals surface area contributed by atoms with Gasteiger partial charge >= 0.3 is 5.91 Å². The highest BCUT2D eigenvalue weighted by atomic mass is 16.1. The van der Waals surface area contributed by atoms with Gasteiger partial charge in [0.15, 0.2) is 6.07 Å². The van der Waals surface area contributed by atoms with Crippen LogP contribution in [0.4, 0.5) is 0 Å². The fraction of sp³-hybridized carbons (Fsp3) is 0.333. The third-order valence-electron chi connectivity index (χ3n) is 2.20. The van der Waals surface area contributed by atoms with E-state index < -0.39 is 5.91 Å². The second-order valence-electron chi connectivity index (χ2n) is 3.69. The Kier molecular flexibility index (Phi) is 3.87. The number of rotatable bonds is 3. The first kappa shape index (κ1) is 11.3. The number of carbonyl (C=O) groups is 1. The van der Waals surface area contributed by atoms with Gasteiger partial charge in [0.25, 0.3) is 0 Å². The molecule has 0 saturated carbocycles. The third-order valence-corrected chi connectivity index (χ3v) is 2.20. The van der Waals surface area contributed by atoms with E-state index in [4.69, 9.17) is 5.26 Å². The number of carbonyl (C=O) groups excluding carboxylic acids is 1. The van der Waals surface area contributed by atoms with Crippen molar-refractivity contribution in [1.29, 1.82) is 5.26 Å². The Bertz CT molecular complexity index is 374. The Morgan fingerprint density at radius 1 is 1.40 bits per heavy atom. The highest BCUT2D eigenvalue weighted by Gasteiger charge is 2.00.